The lowest BCUT2D eigenvalue weighted by Gasteiger charge is -2.29. The first-order chi connectivity index (χ1) is 6.92. The Labute approximate surface area is 93.1 Å². The largest absolute Gasteiger partial charge is 0.306 e. The lowest BCUT2D eigenvalue weighted by Crippen LogP contribution is -2.40. The summed E-state index contributed by atoms with van der Waals surface area (Å²) < 4.78 is 25.8. The van der Waals surface area contributed by atoms with Gasteiger partial charge in [0.1, 0.15) is 0 Å². The van der Waals surface area contributed by atoms with Crippen LogP contribution in [0.1, 0.15) is 26.7 Å². The Kier molecular flexibility index (Phi) is 4.55. The molecule has 0 spiro atoms. The molecule has 1 aliphatic rings. The quantitative estimate of drug-likeness (QED) is 0.777. The summed E-state index contributed by atoms with van der Waals surface area (Å²) in [5.41, 5.74) is 0. The molecule has 1 rings (SSSR count). The summed E-state index contributed by atoms with van der Waals surface area (Å²) in [7, 11) is -0.997. The monoisotopic (exact) mass is 234 g/mol. The van der Waals surface area contributed by atoms with Crippen molar-refractivity contribution in [2.24, 2.45) is 5.92 Å². The van der Waals surface area contributed by atoms with Gasteiger partial charge >= 0.3 is 0 Å². The first-order valence-corrected chi connectivity index (χ1v) is 7.13. The normalized spacial score (nSPS) is 24.7. The van der Waals surface area contributed by atoms with E-state index < -0.39 is 10.0 Å². The maximum absolute atomic E-state index is 11.5. The number of hydrogen-bond donors (Lipinski definition) is 1. The topological polar surface area (TPSA) is 49.4 Å². The van der Waals surface area contributed by atoms with Crippen molar-refractivity contribution in [3.8, 4) is 0 Å². The minimum Gasteiger partial charge on any atom is -0.306 e. The minimum absolute atomic E-state index is 0.334. The van der Waals surface area contributed by atoms with Crippen molar-refractivity contribution >= 4 is 10.0 Å². The number of hydrogen-bond acceptors (Lipinski definition) is 3. The molecule has 0 aromatic heterocycles. The standard InChI is InChI=1S/C10H22N2O2S/c1-9(2)15(13,14)11-7-10-5-4-6-12(3)8-10/h9-11H,4-8H2,1-3H3. The van der Waals surface area contributed by atoms with Crippen molar-refractivity contribution in [3.05, 3.63) is 0 Å². The molecule has 0 radical (unpaired) electrons. The van der Waals surface area contributed by atoms with E-state index in [1.54, 1.807) is 13.8 Å². The maximum Gasteiger partial charge on any atom is 0.213 e. The molecule has 0 bridgehead atoms. The fraction of sp³-hybridized carbons (Fsp3) is 1.00. The van der Waals surface area contributed by atoms with E-state index in [1.165, 1.54) is 6.42 Å². The third-order valence-corrected chi connectivity index (χ3v) is 4.73. The second-order valence-corrected chi connectivity index (χ2v) is 7.03. The van der Waals surface area contributed by atoms with E-state index in [1.807, 2.05) is 0 Å². The van der Waals surface area contributed by atoms with Gasteiger partial charge in [0, 0.05) is 13.1 Å². The van der Waals surface area contributed by atoms with E-state index in [0.29, 0.717) is 12.5 Å². The van der Waals surface area contributed by atoms with Gasteiger partial charge in [-0.15, -0.1) is 0 Å². The van der Waals surface area contributed by atoms with Crippen LogP contribution in [-0.2, 0) is 10.0 Å². The molecule has 0 aliphatic carbocycles. The number of nitrogens with one attached hydrogen (secondary N) is 1. The van der Waals surface area contributed by atoms with Gasteiger partial charge in [0.05, 0.1) is 5.25 Å². The van der Waals surface area contributed by atoms with Crippen molar-refractivity contribution < 1.29 is 8.42 Å². The summed E-state index contributed by atoms with van der Waals surface area (Å²) in [4.78, 5) is 2.26. The number of nitrogens with zero attached hydrogens (tertiary/aromatic N) is 1. The number of likely N-dealkylation sites (tertiary alicyclic amines) is 1. The molecule has 1 atom stereocenters. The maximum atomic E-state index is 11.5. The fourth-order valence-corrected chi connectivity index (χ4v) is 2.64. The summed E-state index contributed by atoms with van der Waals surface area (Å²) in [6, 6.07) is 0. The summed E-state index contributed by atoms with van der Waals surface area (Å²) in [6.45, 7) is 6.13. The van der Waals surface area contributed by atoms with Crippen LogP contribution >= 0.6 is 0 Å². The lowest BCUT2D eigenvalue weighted by atomic mass is 9.99. The van der Waals surface area contributed by atoms with Gasteiger partial charge < -0.3 is 4.90 Å². The summed E-state index contributed by atoms with van der Waals surface area (Å²) in [5.74, 6) is 0.470. The van der Waals surface area contributed by atoms with Crippen LogP contribution in [0.2, 0.25) is 0 Å². The van der Waals surface area contributed by atoms with Crippen LogP contribution in [0.5, 0.6) is 0 Å². The summed E-state index contributed by atoms with van der Waals surface area (Å²) in [5, 5.41) is -0.334. The first kappa shape index (κ1) is 12.9. The Hall–Kier alpha value is -0.130. The molecule has 0 aromatic carbocycles. The van der Waals surface area contributed by atoms with Gasteiger partial charge in [-0.05, 0) is 46.2 Å². The Morgan fingerprint density at radius 3 is 2.67 bits per heavy atom. The van der Waals surface area contributed by atoms with E-state index >= 15 is 0 Å². The molecule has 1 saturated heterocycles. The van der Waals surface area contributed by atoms with Crippen LogP contribution in [0.25, 0.3) is 0 Å². The smallest absolute Gasteiger partial charge is 0.213 e. The zero-order chi connectivity index (χ0) is 11.5. The summed E-state index contributed by atoms with van der Waals surface area (Å²) in [6.07, 6.45) is 2.30. The van der Waals surface area contributed by atoms with Gasteiger partial charge in [-0.2, -0.15) is 0 Å². The SMILES string of the molecule is CC(C)S(=O)(=O)NCC1CCCN(C)C1. The van der Waals surface area contributed by atoms with Crippen LogP contribution in [0, 0.1) is 5.92 Å². The third kappa shape index (κ3) is 4.09. The average Bonchev–Trinajstić information content (AvgIpc) is 2.15. The van der Waals surface area contributed by atoms with Crippen LogP contribution in [0.15, 0.2) is 0 Å². The second kappa shape index (κ2) is 5.27. The Morgan fingerprint density at radius 2 is 2.13 bits per heavy atom. The predicted octanol–water partition coefficient (Wildman–Crippen LogP) is 0.656. The second-order valence-electron chi connectivity index (χ2n) is 4.71. The molecule has 1 N–H and O–H groups in total. The van der Waals surface area contributed by atoms with Crippen molar-refractivity contribution in [2.75, 3.05) is 26.7 Å². The van der Waals surface area contributed by atoms with Crippen LogP contribution in [0.4, 0.5) is 0 Å². The van der Waals surface area contributed by atoms with Gasteiger partial charge in [0.15, 0.2) is 0 Å². The van der Waals surface area contributed by atoms with E-state index in [4.69, 9.17) is 0 Å². The zero-order valence-electron chi connectivity index (χ0n) is 9.86. The van der Waals surface area contributed by atoms with E-state index in [9.17, 15) is 8.42 Å². The van der Waals surface area contributed by atoms with Crippen LogP contribution in [-0.4, -0.2) is 45.2 Å². The fourth-order valence-electron chi connectivity index (χ4n) is 1.84. The van der Waals surface area contributed by atoms with Crippen molar-refractivity contribution in [3.63, 3.8) is 0 Å². The lowest BCUT2D eigenvalue weighted by molar-refractivity contribution is 0.211. The highest BCUT2D eigenvalue weighted by molar-refractivity contribution is 7.90. The highest BCUT2D eigenvalue weighted by atomic mass is 32.2. The van der Waals surface area contributed by atoms with Gasteiger partial charge in [-0.3, -0.25) is 0 Å². The Bertz CT molecular complexity index is 288. The van der Waals surface area contributed by atoms with Crippen molar-refractivity contribution in [1.29, 1.82) is 0 Å². The molecule has 1 aliphatic heterocycles. The van der Waals surface area contributed by atoms with Gasteiger partial charge in [0.2, 0.25) is 10.0 Å². The highest BCUT2D eigenvalue weighted by Crippen LogP contribution is 2.14. The number of piperidine rings is 1. The molecule has 1 fully saturated rings. The van der Waals surface area contributed by atoms with Crippen LogP contribution in [0.3, 0.4) is 0 Å². The predicted molar refractivity (Wildman–Crippen MR) is 62.3 cm³/mol. The van der Waals surface area contributed by atoms with Gasteiger partial charge in [-0.1, -0.05) is 0 Å². The molecule has 90 valence electrons. The number of rotatable bonds is 4. The molecule has 5 heteroatoms. The molecule has 1 unspecified atom stereocenters. The molecule has 15 heavy (non-hydrogen) atoms. The summed E-state index contributed by atoms with van der Waals surface area (Å²) >= 11 is 0. The highest BCUT2D eigenvalue weighted by Gasteiger charge is 2.21. The first-order valence-electron chi connectivity index (χ1n) is 5.59. The van der Waals surface area contributed by atoms with E-state index in [0.717, 1.165) is 19.5 Å². The van der Waals surface area contributed by atoms with Crippen LogP contribution < -0.4 is 4.72 Å². The number of sulfonamides is 1. The van der Waals surface area contributed by atoms with Crippen molar-refractivity contribution in [1.82, 2.24) is 9.62 Å². The van der Waals surface area contributed by atoms with E-state index in [2.05, 4.69) is 16.7 Å². The van der Waals surface area contributed by atoms with Gasteiger partial charge in [-0.25, -0.2) is 13.1 Å². The minimum atomic E-state index is -3.08. The molecule has 4 nitrogen and oxygen atoms in total. The molecular formula is C10H22N2O2S. The molecule has 1 heterocycles. The molecule has 0 aromatic rings. The zero-order valence-corrected chi connectivity index (χ0v) is 10.7. The molecule has 0 amide bonds. The molecular weight excluding hydrogens is 212 g/mol. The molecule has 0 saturated carbocycles. The Morgan fingerprint density at radius 1 is 1.47 bits per heavy atom. The Balaban J connectivity index is 2.37. The van der Waals surface area contributed by atoms with Crippen molar-refractivity contribution in [2.45, 2.75) is 31.9 Å². The van der Waals surface area contributed by atoms with E-state index in [-0.39, 0.29) is 5.25 Å². The third-order valence-electron chi connectivity index (χ3n) is 2.92. The van der Waals surface area contributed by atoms with Gasteiger partial charge in [0.25, 0.3) is 0 Å². The average molecular weight is 234 g/mol.